The molecule has 0 saturated heterocycles. The van der Waals surface area contributed by atoms with Crippen molar-refractivity contribution in [2.45, 2.75) is 81.6 Å². The predicted octanol–water partition coefficient (Wildman–Crippen LogP) is 4.48. The van der Waals surface area contributed by atoms with Gasteiger partial charge in [0.2, 0.25) is 0 Å². The Morgan fingerprint density at radius 3 is 2.22 bits per heavy atom. The van der Waals surface area contributed by atoms with Crippen molar-refractivity contribution in [2.75, 3.05) is 0 Å². The van der Waals surface area contributed by atoms with Gasteiger partial charge in [-0.15, -0.1) is 11.8 Å². The molecule has 0 amide bonds. The van der Waals surface area contributed by atoms with Crippen LogP contribution in [0.15, 0.2) is 0 Å². The molecule has 0 bridgehead atoms. The van der Waals surface area contributed by atoms with E-state index in [1.165, 1.54) is 38.5 Å². The maximum atomic E-state index is 11.6. The minimum Gasteiger partial charge on any atom is -0.480 e. The first-order valence-electron chi connectivity index (χ1n) is 7.43. The molecule has 0 heterocycles. The second-order valence-corrected chi connectivity index (χ2v) is 8.23. The molecule has 0 radical (unpaired) electrons. The number of rotatable bonds is 4. The molecule has 2 aliphatic rings. The summed E-state index contributed by atoms with van der Waals surface area (Å²) in [5.74, 6) is -0.567. The largest absolute Gasteiger partial charge is 0.480 e. The van der Waals surface area contributed by atoms with Gasteiger partial charge in [0.15, 0.2) is 0 Å². The zero-order valence-corrected chi connectivity index (χ0v) is 12.5. The van der Waals surface area contributed by atoms with Crippen molar-refractivity contribution >= 4 is 17.7 Å². The third-order valence-electron chi connectivity index (χ3n) is 4.88. The highest BCUT2D eigenvalue weighted by molar-refractivity contribution is 8.02. The summed E-state index contributed by atoms with van der Waals surface area (Å²) >= 11 is 1.72. The van der Waals surface area contributed by atoms with Gasteiger partial charge in [-0.3, -0.25) is 4.79 Å². The summed E-state index contributed by atoms with van der Waals surface area (Å²) in [6, 6.07) is 0. The van der Waals surface area contributed by atoms with E-state index in [0.717, 1.165) is 19.3 Å². The quantitative estimate of drug-likeness (QED) is 0.818. The first-order chi connectivity index (χ1) is 8.52. The van der Waals surface area contributed by atoms with Gasteiger partial charge in [-0.25, -0.2) is 0 Å². The zero-order chi connectivity index (χ0) is 13.2. The lowest BCUT2D eigenvalue weighted by atomic mass is 9.58. The number of hydrogen-bond donors (Lipinski definition) is 1. The van der Waals surface area contributed by atoms with E-state index in [0.29, 0.717) is 10.7 Å². The Balaban J connectivity index is 2.01. The molecule has 0 aromatic heterocycles. The van der Waals surface area contributed by atoms with Gasteiger partial charge in [0, 0.05) is 5.25 Å². The van der Waals surface area contributed by atoms with Gasteiger partial charge in [-0.1, -0.05) is 39.5 Å². The summed E-state index contributed by atoms with van der Waals surface area (Å²) in [6.45, 7) is 4.31. The summed E-state index contributed by atoms with van der Waals surface area (Å²) in [5, 5.41) is 10.1. The van der Waals surface area contributed by atoms with Crippen molar-refractivity contribution in [3.05, 3.63) is 0 Å². The monoisotopic (exact) mass is 270 g/mol. The molecule has 2 fully saturated rings. The SMILES string of the molecule is CCC(C)SC1(C(=O)O)CC2(CCCCCC2)C1. The molecule has 2 nitrogen and oxygen atoms in total. The summed E-state index contributed by atoms with van der Waals surface area (Å²) < 4.78 is -0.459. The number of hydrogen-bond acceptors (Lipinski definition) is 2. The first kappa shape index (κ1) is 14.2. The molecule has 104 valence electrons. The molecule has 2 saturated carbocycles. The topological polar surface area (TPSA) is 37.3 Å². The fourth-order valence-corrected chi connectivity index (χ4v) is 5.56. The van der Waals surface area contributed by atoms with Gasteiger partial charge in [0.05, 0.1) is 0 Å². The third kappa shape index (κ3) is 2.71. The second-order valence-electron chi connectivity index (χ2n) is 6.40. The van der Waals surface area contributed by atoms with Crippen LogP contribution in [0, 0.1) is 5.41 Å². The fraction of sp³-hybridized carbons (Fsp3) is 0.933. The van der Waals surface area contributed by atoms with E-state index < -0.39 is 10.7 Å². The van der Waals surface area contributed by atoms with E-state index in [4.69, 9.17) is 0 Å². The van der Waals surface area contributed by atoms with Gasteiger partial charge in [-0.05, 0) is 37.5 Å². The van der Waals surface area contributed by atoms with Crippen LogP contribution in [0.25, 0.3) is 0 Å². The van der Waals surface area contributed by atoms with Crippen molar-refractivity contribution in [3.8, 4) is 0 Å². The zero-order valence-electron chi connectivity index (χ0n) is 11.7. The van der Waals surface area contributed by atoms with Crippen LogP contribution in [0.2, 0.25) is 0 Å². The molecule has 1 N–H and O–H groups in total. The first-order valence-corrected chi connectivity index (χ1v) is 8.31. The highest BCUT2D eigenvalue weighted by Crippen LogP contribution is 2.62. The molecule has 18 heavy (non-hydrogen) atoms. The minimum atomic E-state index is -0.567. The standard InChI is InChI=1S/C15H26O2S/c1-3-12(2)18-15(13(16)17)10-14(11-15)8-6-4-5-7-9-14/h12H,3-11H2,1-2H3,(H,16,17). The number of carboxylic acid groups (broad SMARTS) is 1. The lowest BCUT2D eigenvalue weighted by Gasteiger charge is -2.54. The van der Waals surface area contributed by atoms with Gasteiger partial charge in [-0.2, -0.15) is 0 Å². The lowest BCUT2D eigenvalue weighted by Crippen LogP contribution is -2.55. The highest BCUT2D eigenvalue weighted by atomic mass is 32.2. The maximum absolute atomic E-state index is 11.6. The normalized spacial score (nSPS) is 27.2. The molecule has 0 aromatic carbocycles. The van der Waals surface area contributed by atoms with E-state index in [1.54, 1.807) is 11.8 Å². The van der Waals surface area contributed by atoms with Crippen LogP contribution < -0.4 is 0 Å². The van der Waals surface area contributed by atoms with E-state index in [-0.39, 0.29) is 0 Å². The Bertz CT molecular complexity index is 298. The minimum absolute atomic E-state index is 0.384. The van der Waals surface area contributed by atoms with E-state index in [9.17, 15) is 9.90 Å². The Labute approximate surface area is 115 Å². The molecule has 0 aliphatic heterocycles. The molecule has 3 heteroatoms. The molecular formula is C15H26O2S. The molecule has 1 unspecified atom stereocenters. The summed E-state index contributed by atoms with van der Waals surface area (Å²) in [5.41, 5.74) is 0.384. The highest BCUT2D eigenvalue weighted by Gasteiger charge is 2.59. The van der Waals surface area contributed by atoms with Crippen LogP contribution in [0.4, 0.5) is 0 Å². The molecule has 2 rings (SSSR count). The third-order valence-corrected chi connectivity index (χ3v) is 6.53. The van der Waals surface area contributed by atoms with Crippen LogP contribution in [0.5, 0.6) is 0 Å². The molecule has 1 atom stereocenters. The number of carboxylic acids is 1. The smallest absolute Gasteiger partial charge is 0.319 e. The summed E-state index contributed by atoms with van der Waals surface area (Å²) in [7, 11) is 0. The van der Waals surface area contributed by atoms with Gasteiger partial charge in [0.25, 0.3) is 0 Å². The van der Waals surface area contributed by atoms with Crippen LogP contribution in [0.3, 0.4) is 0 Å². The Morgan fingerprint density at radius 1 is 1.22 bits per heavy atom. The molecule has 0 aromatic rings. The predicted molar refractivity (Wildman–Crippen MR) is 77.1 cm³/mol. The average molecular weight is 270 g/mol. The second kappa shape index (κ2) is 5.44. The van der Waals surface area contributed by atoms with Crippen molar-refractivity contribution in [1.29, 1.82) is 0 Å². The van der Waals surface area contributed by atoms with Crippen molar-refractivity contribution in [3.63, 3.8) is 0 Å². The lowest BCUT2D eigenvalue weighted by molar-refractivity contribution is -0.147. The summed E-state index contributed by atoms with van der Waals surface area (Å²) in [4.78, 5) is 11.6. The Hall–Kier alpha value is -0.180. The van der Waals surface area contributed by atoms with E-state index in [2.05, 4.69) is 13.8 Å². The average Bonchev–Trinajstić information content (AvgIpc) is 2.53. The molecular weight excluding hydrogens is 244 g/mol. The summed E-state index contributed by atoms with van der Waals surface area (Å²) in [6.07, 6.45) is 10.8. The van der Waals surface area contributed by atoms with Crippen molar-refractivity contribution in [2.24, 2.45) is 5.41 Å². The van der Waals surface area contributed by atoms with Crippen LogP contribution >= 0.6 is 11.8 Å². The number of carbonyl (C=O) groups is 1. The fourth-order valence-electron chi connectivity index (χ4n) is 3.75. The van der Waals surface area contributed by atoms with E-state index in [1.807, 2.05) is 0 Å². The van der Waals surface area contributed by atoms with Crippen molar-refractivity contribution in [1.82, 2.24) is 0 Å². The molecule has 1 spiro atoms. The van der Waals surface area contributed by atoms with Gasteiger partial charge in [0.1, 0.15) is 4.75 Å². The van der Waals surface area contributed by atoms with Crippen LogP contribution in [-0.4, -0.2) is 21.1 Å². The number of aliphatic carboxylic acids is 1. The Morgan fingerprint density at radius 2 is 1.78 bits per heavy atom. The maximum Gasteiger partial charge on any atom is 0.319 e. The molecule has 2 aliphatic carbocycles. The van der Waals surface area contributed by atoms with Crippen LogP contribution in [0.1, 0.15) is 71.6 Å². The van der Waals surface area contributed by atoms with Crippen molar-refractivity contribution < 1.29 is 9.90 Å². The Kier molecular flexibility index (Phi) is 4.30. The van der Waals surface area contributed by atoms with Gasteiger partial charge < -0.3 is 5.11 Å². The van der Waals surface area contributed by atoms with Crippen LogP contribution in [-0.2, 0) is 4.79 Å². The van der Waals surface area contributed by atoms with E-state index >= 15 is 0 Å². The van der Waals surface area contributed by atoms with Gasteiger partial charge >= 0.3 is 5.97 Å². The number of thioether (sulfide) groups is 1.